The first-order chi connectivity index (χ1) is 16.8. The van der Waals surface area contributed by atoms with Gasteiger partial charge in [0.1, 0.15) is 10.6 Å². The zero-order valence-electron chi connectivity index (χ0n) is 19.8. The van der Waals surface area contributed by atoms with Crippen LogP contribution in [-0.2, 0) is 14.8 Å². The quantitative estimate of drug-likeness (QED) is 0.441. The minimum atomic E-state index is -3.78. The molecule has 2 heterocycles. The molecule has 0 radical (unpaired) electrons. The molecule has 1 aromatic heterocycles. The van der Waals surface area contributed by atoms with E-state index in [0.717, 1.165) is 22.2 Å². The topological polar surface area (TPSA) is 101 Å². The molecular weight excluding hydrogens is 488 g/mol. The number of sulfonamides is 1. The van der Waals surface area contributed by atoms with Crippen LogP contribution >= 0.6 is 11.6 Å². The number of pyridine rings is 1. The van der Waals surface area contributed by atoms with Gasteiger partial charge in [0, 0.05) is 48.5 Å². The molecule has 186 valence electrons. The van der Waals surface area contributed by atoms with Gasteiger partial charge >= 0.3 is 0 Å². The highest BCUT2D eigenvalue weighted by Gasteiger charge is 2.34. The lowest BCUT2D eigenvalue weighted by molar-refractivity contribution is -0.125. The molecule has 1 fully saturated rings. The Morgan fingerprint density at radius 2 is 2.03 bits per heavy atom. The normalized spacial score (nSPS) is 16.7. The maximum Gasteiger partial charge on any atom is 0.246 e. The number of amides is 1. The van der Waals surface area contributed by atoms with Crippen LogP contribution in [0.3, 0.4) is 0 Å². The minimum absolute atomic E-state index is 0.135. The van der Waals surface area contributed by atoms with Crippen LogP contribution in [0.4, 0.5) is 5.69 Å². The molecule has 35 heavy (non-hydrogen) atoms. The number of fused-ring (bicyclic) bond motifs is 1. The summed E-state index contributed by atoms with van der Waals surface area (Å²) in [4.78, 5) is 17.3. The van der Waals surface area contributed by atoms with E-state index in [-0.39, 0.29) is 17.3 Å². The zero-order chi connectivity index (χ0) is 25.0. The van der Waals surface area contributed by atoms with Gasteiger partial charge in [-0.25, -0.2) is 8.42 Å². The average molecular weight is 517 g/mol. The summed E-state index contributed by atoms with van der Waals surface area (Å²) in [6.45, 7) is 3.29. The van der Waals surface area contributed by atoms with E-state index in [0.29, 0.717) is 43.2 Å². The Hall–Kier alpha value is -2.88. The molecule has 1 saturated heterocycles. The number of aryl methyl sites for hydroxylation is 1. The number of piperidine rings is 1. The number of hydrogen-bond donors (Lipinski definition) is 2. The number of methoxy groups -OCH3 is 1. The molecule has 2 N–H and O–H groups in total. The van der Waals surface area contributed by atoms with Crippen LogP contribution in [0.1, 0.15) is 18.4 Å². The fourth-order valence-electron chi connectivity index (χ4n) is 4.30. The van der Waals surface area contributed by atoms with Crippen molar-refractivity contribution in [2.75, 3.05) is 38.6 Å². The number of rotatable bonds is 8. The van der Waals surface area contributed by atoms with Crippen molar-refractivity contribution in [3.05, 3.63) is 59.2 Å². The zero-order valence-corrected chi connectivity index (χ0v) is 21.3. The van der Waals surface area contributed by atoms with Crippen LogP contribution in [0, 0.1) is 12.8 Å². The fourth-order valence-corrected chi connectivity index (χ4v) is 6.23. The molecule has 1 atom stereocenters. The second-order valence-electron chi connectivity index (χ2n) is 8.59. The molecule has 0 unspecified atom stereocenters. The Labute approximate surface area is 210 Å². The third-order valence-corrected chi connectivity index (χ3v) is 8.26. The molecule has 3 aromatic rings. The van der Waals surface area contributed by atoms with E-state index in [9.17, 15) is 13.2 Å². The van der Waals surface area contributed by atoms with Gasteiger partial charge in [-0.2, -0.15) is 4.31 Å². The number of ether oxygens (including phenoxy) is 1. The summed E-state index contributed by atoms with van der Waals surface area (Å²) >= 11 is 6.05. The number of nitrogens with zero attached hydrogens (tertiary/aromatic N) is 2. The number of aromatic nitrogens is 1. The van der Waals surface area contributed by atoms with E-state index in [1.165, 1.54) is 11.4 Å². The van der Waals surface area contributed by atoms with Gasteiger partial charge in [-0.15, -0.1) is 0 Å². The molecule has 4 rings (SSSR count). The summed E-state index contributed by atoms with van der Waals surface area (Å²) in [6.07, 6.45) is 2.97. The van der Waals surface area contributed by atoms with Crippen LogP contribution in [0.15, 0.2) is 53.6 Å². The summed E-state index contributed by atoms with van der Waals surface area (Å²) in [5.74, 6) is -0.244. The predicted octanol–water partition coefficient (Wildman–Crippen LogP) is 3.83. The molecule has 10 heteroatoms. The van der Waals surface area contributed by atoms with Crippen molar-refractivity contribution in [1.82, 2.24) is 14.6 Å². The van der Waals surface area contributed by atoms with Crippen molar-refractivity contribution in [2.45, 2.75) is 24.7 Å². The van der Waals surface area contributed by atoms with Crippen LogP contribution in [0.2, 0.25) is 5.02 Å². The molecule has 0 aliphatic carbocycles. The lowest BCUT2D eigenvalue weighted by Crippen LogP contribution is -2.46. The van der Waals surface area contributed by atoms with E-state index in [1.807, 2.05) is 31.2 Å². The highest BCUT2D eigenvalue weighted by atomic mass is 35.5. The van der Waals surface area contributed by atoms with Gasteiger partial charge in [-0.1, -0.05) is 17.7 Å². The summed E-state index contributed by atoms with van der Waals surface area (Å²) < 4.78 is 33.3. The smallest absolute Gasteiger partial charge is 0.246 e. The van der Waals surface area contributed by atoms with Gasteiger partial charge in [0.05, 0.1) is 18.5 Å². The van der Waals surface area contributed by atoms with Gasteiger partial charge in [-0.3, -0.25) is 9.78 Å². The standard InChI is InChI=1S/C25H29ClN4O4S/c1-17-5-8-23(34-2)24(14-17)35(32,33)30-13-3-4-18(16-30)25(31)29-12-11-28-21-9-10-27-22-15-19(26)6-7-20(21)22/h5-10,14-15,18H,3-4,11-13,16H2,1-2H3,(H,27,28)(H,29,31)/t18-/m1/s1. The predicted molar refractivity (Wildman–Crippen MR) is 137 cm³/mol. The molecule has 0 bridgehead atoms. The molecule has 1 aliphatic rings. The largest absolute Gasteiger partial charge is 0.495 e. The van der Waals surface area contributed by atoms with Crippen molar-refractivity contribution in [3.63, 3.8) is 0 Å². The van der Waals surface area contributed by atoms with Crippen molar-refractivity contribution in [1.29, 1.82) is 0 Å². The Bertz CT molecular complexity index is 1330. The summed E-state index contributed by atoms with van der Waals surface area (Å²) in [5, 5.41) is 7.83. The molecule has 1 aliphatic heterocycles. The van der Waals surface area contributed by atoms with Crippen molar-refractivity contribution >= 4 is 44.1 Å². The average Bonchev–Trinajstić information content (AvgIpc) is 2.86. The second kappa shape index (κ2) is 10.8. The maximum absolute atomic E-state index is 13.3. The van der Waals surface area contributed by atoms with Crippen LogP contribution in [-0.4, -0.2) is 56.9 Å². The number of carbonyl (C=O) groups is 1. The van der Waals surface area contributed by atoms with Crippen LogP contribution < -0.4 is 15.4 Å². The second-order valence-corrected chi connectivity index (χ2v) is 10.9. The number of benzene rings is 2. The first-order valence-corrected chi connectivity index (χ1v) is 13.3. The van der Waals surface area contributed by atoms with Crippen LogP contribution in [0.25, 0.3) is 10.9 Å². The van der Waals surface area contributed by atoms with E-state index >= 15 is 0 Å². The minimum Gasteiger partial charge on any atom is -0.495 e. The molecule has 0 saturated carbocycles. The summed E-state index contributed by atoms with van der Waals surface area (Å²) in [6, 6.07) is 12.5. The number of hydrogen-bond acceptors (Lipinski definition) is 6. The maximum atomic E-state index is 13.3. The van der Waals surface area contributed by atoms with Crippen LogP contribution in [0.5, 0.6) is 5.75 Å². The van der Waals surface area contributed by atoms with Crippen molar-refractivity contribution < 1.29 is 17.9 Å². The molecule has 8 nitrogen and oxygen atoms in total. The monoisotopic (exact) mass is 516 g/mol. The third kappa shape index (κ3) is 5.69. The van der Waals surface area contributed by atoms with Crippen molar-refractivity contribution in [2.24, 2.45) is 5.92 Å². The molecular formula is C25H29ClN4O4S. The first kappa shape index (κ1) is 25.2. The summed E-state index contributed by atoms with van der Waals surface area (Å²) in [5.41, 5.74) is 2.52. The first-order valence-electron chi connectivity index (χ1n) is 11.5. The highest BCUT2D eigenvalue weighted by molar-refractivity contribution is 7.89. The van der Waals surface area contributed by atoms with E-state index in [1.54, 1.807) is 24.4 Å². The Morgan fingerprint density at radius 1 is 1.20 bits per heavy atom. The van der Waals surface area contributed by atoms with E-state index in [4.69, 9.17) is 16.3 Å². The number of anilines is 1. The number of nitrogens with one attached hydrogen (secondary N) is 2. The lowest BCUT2D eigenvalue weighted by atomic mass is 9.99. The third-order valence-electron chi connectivity index (χ3n) is 6.14. The summed E-state index contributed by atoms with van der Waals surface area (Å²) in [7, 11) is -2.33. The van der Waals surface area contributed by atoms with Gasteiger partial charge in [0.15, 0.2) is 0 Å². The SMILES string of the molecule is COc1ccc(C)cc1S(=O)(=O)N1CCC[C@@H](C(=O)NCCNc2ccnc3cc(Cl)ccc23)C1. The Kier molecular flexibility index (Phi) is 7.78. The van der Waals surface area contributed by atoms with E-state index < -0.39 is 15.9 Å². The number of halogens is 1. The van der Waals surface area contributed by atoms with Gasteiger partial charge < -0.3 is 15.4 Å². The molecule has 1 amide bonds. The Balaban J connectivity index is 1.35. The lowest BCUT2D eigenvalue weighted by Gasteiger charge is -2.31. The molecule has 2 aromatic carbocycles. The Morgan fingerprint density at radius 3 is 2.83 bits per heavy atom. The highest BCUT2D eigenvalue weighted by Crippen LogP contribution is 2.30. The van der Waals surface area contributed by atoms with Gasteiger partial charge in [0.2, 0.25) is 15.9 Å². The van der Waals surface area contributed by atoms with Gasteiger partial charge in [0.25, 0.3) is 0 Å². The molecule has 0 spiro atoms. The number of carbonyl (C=O) groups excluding carboxylic acids is 1. The van der Waals surface area contributed by atoms with E-state index in [2.05, 4.69) is 15.6 Å². The fraction of sp³-hybridized carbons (Fsp3) is 0.360. The van der Waals surface area contributed by atoms with Crippen molar-refractivity contribution in [3.8, 4) is 5.75 Å². The van der Waals surface area contributed by atoms with Gasteiger partial charge in [-0.05, 0) is 61.7 Å².